The normalized spacial score (nSPS) is 22.8. The maximum absolute atomic E-state index is 12.9. The van der Waals surface area contributed by atoms with Crippen LogP contribution in [0.5, 0.6) is 0 Å². The van der Waals surface area contributed by atoms with E-state index in [1.54, 1.807) is 19.9 Å². The molecular weight excluding hydrogens is 306 g/mol. The van der Waals surface area contributed by atoms with Gasteiger partial charge >= 0.3 is 6.03 Å². The molecule has 0 saturated carbocycles. The Labute approximate surface area is 139 Å². The van der Waals surface area contributed by atoms with E-state index in [2.05, 4.69) is 22.6 Å². The largest absolute Gasteiger partial charge is 0.361 e. The molecule has 2 aliphatic rings. The highest BCUT2D eigenvalue weighted by molar-refractivity contribution is 6.07. The zero-order valence-electron chi connectivity index (χ0n) is 13.8. The Morgan fingerprint density at radius 3 is 2.79 bits per heavy atom. The molecule has 3 amide bonds. The van der Waals surface area contributed by atoms with Crippen LogP contribution in [0.25, 0.3) is 0 Å². The summed E-state index contributed by atoms with van der Waals surface area (Å²) in [7, 11) is 0. The van der Waals surface area contributed by atoms with Crippen molar-refractivity contribution in [3.8, 4) is 0 Å². The second-order valence-electron chi connectivity index (χ2n) is 6.71. The highest BCUT2D eigenvalue weighted by Gasteiger charge is 2.49. The minimum Gasteiger partial charge on any atom is -0.361 e. The van der Waals surface area contributed by atoms with Crippen LogP contribution in [0.1, 0.15) is 41.5 Å². The van der Waals surface area contributed by atoms with Crippen molar-refractivity contribution < 1.29 is 14.1 Å². The fraction of sp³-hybridized carbons (Fsp3) is 0.389. The molecule has 1 aliphatic heterocycles. The summed E-state index contributed by atoms with van der Waals surface area (Å²) >= 11 is 0. The van der Waals surface area contributed by atoms with Crippen molar-refractivity contribution in [2.75, 3.05) is 0 Å². The lowest BCUT2D eigenvalue weighted by atomic mass is 9.89. The van der Waals surface area contributed by atoms with Gasteiger partial charge in [-0.25, -0.2) is 4.79 Å². The number of nitrogens with zero attached hydrogens (tertiary/aromatic N) is 2. The second-order valence-corrected chi connectivity index (χ2v) is 6.71. The number of hydrogen-bond acceptors (Lipinski definition) is 4. The molecule has 1 N–H and O–H groups in total. The van der Waals surface area contributed by atoms with Gasteiger partial charge in [0.1, 0.15) is 17.0 Å². The van der Waals surface area contributed by atoms with Crippen LogP contribution < -0.4 is 5.32 Å². The van der Waals surface area contributed by atoms with Gasteiger partial charge in [0.2, 0.25) is 0 Å². The van der Waals surface area contributed by atoms with Crippen molar-refractivity contribution in [1.82, 2.24) is 15.4 Å². The number of fused-ring (bicyclic) bond motifs is 1. The predicted octanol–water partition coefficient (Wildman–Crippen LogP) is 2.44. The average molecular weight is 325 g/mol. The third-order valence-corrected chi connectivity index (χ3v) is 4.95. The van der Waals surface area contributed by atoms with E-state index >= 15 is 0 Å². The maximum atomic E-state index is 12.9. The van der Waals surface area contributed by atoms with Crippen molar-refractivity contribution in [1.29, 1.82) is 0 Å². The van der Waals surface area contributed by atoms with E-state index in [9.17, 15) is 9.59 Å². The van der Waals surface area contributed by atoms with Gasteiger partial charge in [-0.1, -0.05) is 23.4 Å². The summed E-state index contributed by atoms with van der Waals surface area (Å²) < 4.78 is 5.01. The van der Waals surface area contributed by atoms with Gasteiger partial charge in [0.15, 0.2) is 0 Å². The Morgan fingerprint density at radius 1 is 1.25 bits per heavy atom. The maximum Gasteiger partial charge on any atom is 0.325 e. The topological polar surface area (TPSA) is 75.4 Å². The summed E-state index contributed by atoms with van der Waals surface area (Å²) in [6.07, 6.45) is 3.26. The van der Waals surface area contributed by atoms with Crippen molar-refractivity contribution in [2.45, 2.75) is 45.2 Å². The number of imide groups is 1. The van der Waals surface area contributed by atoms with E-state index < -0.39 is 11.6 Å². The molecule has 4 rings (SSSR count). The first-order valence-electron chi connectivity index (χ1n) is 8.16. The number of rotatable bonds is 3. The average Bonchev–Trinajstić information content (AvgIpc) is 3.23. The van der Waals surface area contributed by atoms with Crippen LogP contribution in [-0.4, -0.2) is 22.0 Å². The molecule has 2 heterocycles. The lowest BCUT2D eigenvalue weighted by Gasteiger charge is -2.23. The molecular formula is C18H19N3O3. The standard InChI is InChI=1S/C18H19N3O3/c1-11-8-15(20-24-11)10-21-16(22)18(2,19-17(21)23)14-7-6-12-4-3-5-13(12)9-14/h6-9H,3-5,10H2,1-2H3,(H,19,23)/t18-/m0/s1. The van der Waals surface area contributed by atoms with E-state index in [0.717, 1.165) is 24.8 Å². The number of carbonyl (C=O) groups excluding carboxylic acids is 2. The molecule has 1 aromatic heterocycles. The van der Waals surface area contributed by atoms with Crippen LogP contribution in [0.2, 0.25) is 0 Å². The van der Waals surface area contributed by atoms with E-state index in [-0.39, 0.29) is 12.5 Å². The fourth-order valence-electron chi connectivity index (χ4n) is 3.57. The molecule has 1 saturated heterocycles. The lowest BCUT2D eigenvalue weighted by molar-refractivity contribution is -0.131. The quantitative estimate of drug-likeness (QED) is 0.880. The number of aryl methyl sites for hydroxylation is 3. The summed E-state index contributed by atoms with van der Waals surface area (Å²) in [6, 6.07) is 7.41. The number of urea groups is 1. The molecule has 0 spiro atoms. The van der Waals surface area contributed by atoms with Crippen LogP contribution in [-0.2, 0) is 29.7 Å². The van der Waals surface area contributed by atoms with E-state index in [1.165, 1.54) is 16.0 Å². The molecule has 1 aromatic carbocycles. The predicted molar refractivity (Wildman–Crippen MR) is 86.1 cm³/mol. The van der Waals surface area contributed by atoms with Gasteiger partial charge in [0.05, 0.1) is 6.54 Å². The highest BCUT2D eigenvalue weighted by atomic mass is 16.5. The Hall–Kier alpha value is -2.63. The highest BCUT2D eigenvalue weighted by Crippen LogP contribution is 2.33. The molecule has 1 fully saturated rings. The monoisotopic (exact) mass is 325 g/mol. The van der Waals surface area contributed by atoms with Crippen molar-refractivity contribution in [2.24, 2.45) is 0 Å². The number of amides is 3. The summed E-state index contributed by atoms with van der Waals surface area (Å²) in [5.41, 5.74) is 2.98. The van der Waals surface area contributed by atoms with Crippen LogP contribution in [0, 0.1) is 6.92 Å². The first kappa shape index (κ1) is 14.9. The zero-order chi connectivity index (χ0) is 16.9. The number of benzene rings is 1. The van der Waals surface area contributed by atoms with Crippen LogP contribution in [0.15, 0.2) is 28.8 Å². The van der Waals surface area contributed by atoms with Gasteiger partial charge in [0, 0.05) is 6.07 Å². The summed E-state index contributed by atoms with van der Waals surface area (Å²) in [6.45, 7) is 3.65. The third kappa shape index (κ3) is 2.21. The molecule has 6 heteroatoms. The van der Waals surface area contributed by atoms with Crippen LogP contribution in [0.3, 0.4) is 0 Å². The third-order valence-electron chi connectivity index (χ3n) is 4.95. The molecule has 2 aromatic rings. The SMILES string of the molecule is Cc1cc(CN2C(=O)N[C@@](C)(c3ccc4c(c3)CCC4)C2=O)no1. The smallest absolute Gasteiger partial charge is 0.325 e. The van der Waals surface area contributed by atoms with Crippen molar-refractivity contribution in [3.05, 3.63) is 52.4 Å². The van der Waals surface area contributed by atoms with Crippen LogP contribution in [0.4, 0.5) is 4.79 Å². The van der Waals surface area contributed by atoms with Crippen molar-refractivity contribution in [3.63, 3.8) is 0 Å². The van der Waals surface area contributed by atoms with Crippen molar-refractivity contribution >= 4 is 11.9 Å². The molecule has 1 atom stereocenters. The number of hydrogen-bond donors (Lipinski definition) is 1. The molecule has 0 radical (unpaired) electrons. The lowest BCUT2D eigenvalue weighted by Crippen LogP contribution is -2.41. The summed E-state index contributed by atoms with van der Waals surface area (Å²) in [5.74, 6) is 0.393. The van der Waals surface area contributed by atoms with Gasteiger partial charge in [-0.3, -0.25) is 9.69 Å². The second kappa shape index (κ2) is 5.19. The summed E-state index contributed by atoms with van der Waals surface area (Å²) in [4.78, 5) is 26.5. The molecule has 0 unspecified atom stereocenters. The first-order chi connectivity index (χ1) is 11.5. The van der Waals surface area contributed by atoms with Gasteiger partial charge in [-0.2, -0.15) is 0 Å². The van der Waals surface area contributed by atoms with E-state index in [1.807, 2.05) is 6.07 Å². The first-order valence-corrected chi connectivity index (χ1v) is 8.16. The fourth-order valence-corrected chi connectivity index (χ4v) is 3.57. The molecule has 1 aliphatic carbocycles. The Morgan fingerprint density at radius 2 is 2.04 bits per heavy atom. The van der Waals surface area contributed by atoms with Crippen LogP contribution >= 0.6 is 0 Å². The van der Waals surface area contributed by atoms with Gasteiger partial charge < -0.3 is 9.84 Å². The number of nitrogens with one attached hydrogen (secondary N) is 1. The molecule has 24 heavy (non-hydrogen) atoms. The molecule has 6 nitrogen and oxygen atoms in total. The van der Waals surface area contributed by atoms with Gasteiger partial charge in [-0.15, -0.1) is 0 Å². The summed E-state index contributed by atoms with van der Waals surface area (Å²) in [5, 5.41) is 6.71. The molecule has 124 valence electrons. The zero-order valence-corrected chi connectivity index (χ0v) is 13.8. The molecule has 0 bridgehead atoms. The number of aromatic nitrogens is 1. The Balaban J connectivity index is 1.64. The minimum atomic E-state index is -1.03. The number of carbonyl (C=O) groups is 2. The Bertz CT molecular complexity index is 842. The van der Waals surface area contributed by atoms with Gasteiger partial charge in [-0.05, 0) is 49.8 Å². The van der Waals surface area contributed by atoms with E-state index in [4.69, 9.17) is 4.52 Å². The van der Waals surface area contributed by atoms with Gasteiger partial charge in [0.25, 0.3) is 5.91 Å². The Kier molecular flexibility index (Phi) is 3.23. The van der Waals surface area contributed by atoms with E-state index in [0.29, 0.717) is 11.5 Å². The minimum absolute atomic E-state index is 0.114.